The smallest absolute Gasteiger partial charge is 0.246 e. The summed E-state index contributed by atoms with van der Waals surface area (Å²) in [6.45, 7) is 1.74. The molecule has 2 aromatic carbocycles. The van der Waals surface area contributed by atoms with E-state index in [-0.39, 0.29) is 11.7 Å². The molecule has 5 heteroatoms. The zero-order valence-electron chi connectivity index (χ0n) is 11.9. The Morgan fingerprint density at radius 2 is 1.62 bits per heavy atom. The number of amides is 1. The van der Waals surface area contributed by atoms with Crippen molar-refractivity contribution in [1.82, 2.24) is 0 Å². The number of benzene rings is 2. The van der Waals surface area contributed by atoms with Gasteiger partial charge in [0.2, 0.25) is 5.91 Å². The predicted molar refractivity (Wildman–Crippen MR) is 81.1 cm³/mol. The zero-order valence-corrected chi connectivity index (χ0v) is 11.9. The highest BCUT2D eigenvalue weighted by Gasteiger charge is 2.12. The number of methoxy groups -OCH3 is 1. The summed E-state index contributed by atoms with van der Waals surface area (Å²) in [5, 5.41) is 5.80. The topological polar surface area (TPSA) is 50.4 Å². The van der Waals surface area contributed by atoms with Gasteiger partial charge < -0.3 is 15.4 Å². The Morgan fingerprint density at radius 1 is 1.05 bits per heavy atom. The van der Waals surface area contributed by atoms with E-state index < -0.39 is 6.04 Å². The highest BCUT2D eigenvalue weighted by molar-refractivity contribution is 5.96. The molecule has 0 saturated carbocycles. The quantitative estimate of drug-likeness (QED) is 0.887. The molecule has 1 atom stereocenters. The Bertz CT molecular complexity index is 597. The van der Waals surface area contributed by atoms with E-state index in [1.54, 1.807) is 50.4 Å². The molecule has 0 saturated heterocycles. The maximum Gasteiger partial charge on any atom is 0.246 e. The summed E-state index contributed by atoms with van der Waals surface area (Å²) < 4.78 is 17.9. The van der Waals surface area contributed by atoms with Gasteiger partial charge in [-0.2, -0.15) is 0 Å². The minimum Gasteiger partial charge on any atom is -0.497 e. The maximum absolute atomic E-state index is 12.8. The van der Waals surface area contributed by atoms with Crippen molar-refractivity contribution in [3.05, 3.63) is 54.3 Å². The van der Waals surface area contributed by atoms with E-state index in [2.05, 4.69) is 10.6 Å². The van der Waals surface area contributed by atoms with Crippen LogP contribution in [0.4, 0.5) is 15.8 Å². The molecule has 0 aromatic heterocycles. The summed E-state index contributed by atoms with van der Waals surface area (Å²) in [6.07, 6.45) is 0. The SMILES string of the molecule is COc1ccc(NC(=O)[C@@H](C)Nc2ccc(F)cc2)cc1. The Hall–Kier alpha value is -2.56. The number of hydrogen-bond acceptors (Lipinski definition) is 3. The van der Waals surface area contributed by atoms with Gasteiger partial charge in [0, 0.05) is 11.4 Å². The molecule has 0 bridgehead atoms. The minimum atomic E-state index is -0.447. The third kappa shape index (κ3) is 4.21. The summed E-state index contributed by atoms with van der Waals surface area (Å²) in [4.78, 5) is 12.1. The van der Waals surface area contributed by atoms with Crippen molar-refractivity contribution in [1.29, 1.82) is 0 Å². The van der Waals surface area contributed by atoms with Crippen LogP contribution in [-0.2, 0) is 4.79 Å². The van der Waals surface area contributed by atoms with Gasteiger partial charge in [-0.3, -0.25) is 4.79 Å². The van der Waals surface area contributed by atoms with Crippen LogP contribution < -0.4 is 15.4 Å². The van der Waals surface area contributed by atoms with Crippen LogP contribution >= 0.6 is 0 Å². The van der Waals surface area contributed by atoms with E-state index in [4.69, 9.17) is 4.74 Å². The maximum atomic E-state index is 12.8. The van der Waals surface area contributed by atoms with Crippen LogP contribution in [-0.4, -0.2) is 19.1 Å². The van der Waals surface area contributed by atoms with Crippen molar-refractivity contribution < 1.29 is 13.9 Å². The van der Waals surface area contributed by atoms with Gasteiger partial charge in [0.15, 0.2) is 0 Å². The number of halogens is 1. The lowest BCUT2D eigenvalue weighted by molar-refractivity contribution is -0.116. The molecule has 0 aliphatic heterocycles. The largest absolute Gasteiger partial charge is 0.497 e. The van der Waals surface area contributed by atoms with E-state index in [9.17, 15) is 9.18 Å². The lowest BCUT2D eigenvalue weighted by Crippen LogP contribution is -2.31. The molecule has 0 spiro atoms. The highest BCUT2D eigenvalue weighted by Crippen LogP contribution is 2.16. The van der Waals surface area contributed by atoms with Crippen LogP contribution in [0.3, 0.4) is 0 Å². The number of carbonyl (C=O) groups is 1. The molecule has 0 unspecified atom stereocenters. The van der Waals surface area contributed by atoms with Crippen molar-refractivity contribution >= 4 is 17.3 Å². The predicted octanol–water partition coefficient (Wildman–Crippen LogP) is 3.27. The van der Waals surface area contributed by atoms with Crippen LogP contribution in [0.5, 0.6) is 5.75 Å². The van der Waals surface area contributed by atoms with Crippen molar-refractivity contribution in [3.8, 4) is 5.75 Å². The average molecular weight is 288 g/mol. The minimum absolute atomic E-state index is 0.176. The molecule has 0 aliphatic carbocycles. The van der Waals surface area contributed by atoms with Gasteiger partial charge in [-0.05, 0) is 55.5 Å². The summed E-state index contributed by atoms with van der Waals surface area (Å²) in [7, 11) is 1.59. The molecular weight excluding hydrogens is 271 g/mol. The Kier molecular flexibility index (Phi) is 4.77. The van der Waals surface area contributed by atoms with Gasteiger partial charge in [0.05, 0.1) is 7.11 Å². The molecule has 21 heavy (non-hydrogen) atoms. The number of ether oxygens (including phenoxy) is 1. The third-order valence-electron chi connectivity index (χ3n) is 2.98. The van der Waals surface area contributed by atoms with Gasteiger partial charge >= 0.3 is 0 Å². The van der Waals surface area contributed by atoms with Crippen LogP contribution in [0.15, 0.2) is 48.5 Å². The first-order chi connectivity index (χ1) is 10.1. The number of rotatable bonds is 5. The summed E-state index contributed by atoms with van der Waals surface area (Å²) in [5.41, 5.74) is 1.38. The molecule has 0 radical (unpaired) electrons. The fourth-order valence-electron chi connectivity index (χ4n) is 1.79. The lowest BCUT2D eigenvalue weighted by Gasteiger charge is -2.15. The lowest BCUT2D eigenvalue weighted by atomic mass is 10.2. The normalized spacial score (nSPS) is 11.6. The highest BCUT2D eigenvalue weighted by atomic mass is 19.1. The van der Waals surface area contributed by atoms with E-state index in [0.29, 0.717) is 11.4 Å². The van der Waals surface area contributed by atoms with Crippen molar-refractivity contribution in [2.24, 2.45) is 0 Å². The molecule has 2 N–H and O–H groups in total. The number of anilines is 2. The van der Waals surface area contributed by atoms with E-state index in [0.717, 1.165) is 5.75 Å². The summed E-state index contributed by atoms with van der Waals surface area (Å²) in [5.74, 6) is 0.242. The molecule has 0 fully saturated rings. The Labute approximate surface area is 122 Å². The number of nitrogens with one attached hydrogen (secondary N) is 2. The third-order valence-corrected chi connectivity index (χ3v) is 2.98. The first-order valence-corrected chi connectivity index (χ1v) is 6.55. The van der Waals surface area contributed by atoms with Crippen molar-refractivity contribution in [2.45, 2.75) is 13.0 Å². The van der Waals surface area contributed by atoms with Gasteiger partial charge in [0.25, 0.3) is 0 Å². The standard InChI is InChI=1S/C16H17FN2O2/c1-11(18-13-5-3-12(17)4-6-13)16(20)19-14-7-9-15(21-2)10-8-14/h3-11,18H,1-2H3,(H,19,20)/t11-/m1/s1. The molecule has 2 rings (SSSR count). The zero-order chi connectivity index (χ0) is 15.2. The molecule has 110 valence electrons. The first-order valence-electron chi connectivity index (χ1n) is 6.55. The van der Waals surface area contributed by atoms with Crippen LogP contribution in [0.25, 0.3) is 0 Å². The number of hydrogen-bond donors (Lipinski definition) is 2. The Morgan fingerprint density at radius 3 is 2.19 bits per heavy atom. The fraction of sp³-hybridized carbons (Fsp3) is 0.188. The van der Waals surface area contributed by atoms with Crippen LogP contribution in [0, 0.1) is 5.82 Å². The van der Waals surface area contributed by atoms with Crippen molar-refractivity contribution in [3.63, 3.8) is 0 Å². The van der Waals surface area contributed by atoms with E-state index >= 15 is 0 Å². The summed E-state index contributed by atoms with van der Waals surface area (Å²) >= 11 is 0. The van der Waals surface area contributed by atoms with Crippen molar-refractivity contribution in [2.75, 3.05) is 17.7 Å². The molecule has 2 aromatic rings. The second-order valence-electron chi connectivity index (χ2n) is 4.59. The van der Waals surface area contributed by atoms with Crippen LogP contribution in [0.1, 0.15) is 6.92 Å². The van der Waals surface area contributed by atoms with Gasteiger partial charge in [-0.25, -0.2) is 4.39 Å². The van der Waals surface area contributed by atoms with E-state index in [1.807, 2.05) is 0 Å². The molecule has 0 heterocycles. The molecular formula is C16H17FN2O2. The van der Waals surface area contributed by atoms with Gasteiger partial charge in [-0.15, -0.1) is 0 Å². The fourth-order valence-corrected chi connectivity index (χ4v) is 1.79. The van der Waals surface area contributed by atoms with Gasteiger partial charge in [-0.1, -0.05) is 0 Å². The monoisotopic (exact) mass is 288 g/mol. The second-order valence-corrected chi connectivity index (χ2v) is 4.59. The molecule has 1 amide bonds. The summed E-state index contributed by atoms with van der Waals surface area (Å²) in [6, 6.07) is 12.5. The first kappa shape index (κ1) is 14.8. The average Bonchev–Trinajstić information content (AvgIpc) is 2.50. The Balaban J connectivity index is 1.93. The molecule has 4 nitrogen and oxygen atoms in total. The second kappa shape index (κ2) is 6.74. The van der Waals surface area contributed by atoms with Gasteiger partial charge in [0.1, 0.15) is 17.6 Å². The van der Waals surface area contributed by atoms with Crippen LogP contribution in [0.2, 0.25) is 0 Å². The van der Waals surface area contributed by atoms with E-state index in [1.165, 1.54) is 12.1 Å². The molecule has 0 aliphatic rings. The number of carbonyl (C=O) groups excluding carboxylic acids is 1.